The van der Waals surface area contributed by atoms with Gasteiger partial charge in [-0.2, -0.15) is 0 Å². The van der Waals surface area contributed by atoms with E-state index in [1.54, 1.807) is 0 Å². The van der Waals surface area contributed by atoms with Crippen LogP contribution in [-0.2, 0) is 0 Å². The van der Waals surface area contributed by atoms with Crippen LogP contribution in [0, 0.1) is 0 Å². The van der Waals surface area contributed by atoms with Gasteiger partial charge in [-0.1, -0.05) is 0 Å². The van der Waals surface area contributed by atoms with E-state index in [0.29, 0.717) is 3.93 Å². The average Bonchev–Trinajstić information content (AvgIpc) is 2.30. The van der Waals surface area contributed by atoms with Crippen LogP contribution in [0.25, 0.3) is 0 Å². The molecule has 2 aromatic carbocycles. The quantitative estimate of drug-likeness (QED) is 0.707. The van der Waals surface area contributed by atoms with E-state index in [9.17, 15) is 0 Å². The zero-order valence-corrected chi connectivity index (χ0v) is 12.8. The molecule has 0 aromatic heterocycles. The van der Waals surface area contributed by atoms with Gasteiger partial charge in [-0.25, -0.2) is 0 Å². The second-order valence-electron chi connectivity index (χ2n) is 3.54. The third-order valence-electron chi connectivity index (χ3n) is 2.41. The molecule has 0 N–H and O–H groups in total. The first-order valence-electron chi connectivity index (χ1n) is 4.89. The molecule has 0 saturated heterocycles. The Hall–Kier alpha value is -0.181. The zero-order valence-electron chi connectivity index (χ0n) is 8.45. The molecule has 16 heavy (non-hydrogen) atoms. The van der Waals surface area contributed by atoms with Gasteiger partial charge in [-0.05, 0) is 0 Å². The Morgan fingerprint density at radius 2 is 1.00 bits per heavy atom. The van der Waals surface area contributed by atoms with Gasteiger partial charge in [0.1, 0.15) is 0 Å². The maximum atomic E-state index is 5.87. The molecule has 0 bridgehead atoms. The standard InChI is InChI=1S/C13H9Cl2.Sn/c14-12-5-1-10(2-6-12)9-11-3-7-13(15)8-4-11;/h1-9H;. The van der Waals surface area contributed by atoms with Crippen molar-refractivity contribution in [3.63, 3.8) is 0 Å². The van der Waals surface area contributed by atoms with E-state index in [0.717, 1.165) is 10.0 Å². The van der Waals surface area contributed by atoms with Gasteiger partial charge >= 0.3 is 119 Å². The fraction of sp³-hybridized carbons (Fsp3) is 0.0769. The van der Waals surface area contributed by atoms with Gasteiger partial charge in [0.2, 0.25) is 0 Å². The molecular weight excluding hydrogens is 346 g/mol. The summed E-state index contributed by atoms with van der Waals surface area (Å²) in [5.74, 6) is 0. The van der Waals surface area contributed by atoms with Crippen molar-refractivity contribution >= 4 is 45.7 Å². The fourth-order valence-electron chi connectivity index (χ4n) is 1.50. The predicted octanol–water partition coefficient (Wildman–Crippen LogP) is 4.25. The van der Waals surface area contributed by atoms with Crippen LogP contribution in [0.4, 0.5) is 0 Å². The molecule has 2 rings (SSSR count). The number of hydrogen-bond donors (Lipinski definition) is 0. The van der Waals surface area contributed by atoms with E-state index in [1.807, 2.05) is 24.3 Å². The predicted molar refractivity (Wildman–Crippen MR) is 70.5 cm³/mol. The van der Waals surface area contributed by atoms with Crippen molar-refractivity contribution in [2.45, 2.75) is 3.93 Å². The van der Waals surface area contributed by atoms with Gasteiger partial charge in [-0.15, -0.1) is 0 Å². The van der Waals surface area contributed by atoms with E-state index < -0.39 is 0 Å². The Labute approximate surface area is 119 Å². The van der Waals surface area contributed by atoms with E-state index in [-0.39, 0.29) is 0 Å². The van der Waals surface area contributed by atoms with Crippen LogP contribution in [0.5, 0.6) is 0 Å². The minimum absolute atomic E-state index is 0.446. The Bertz CT molecular complexity index is 417. The topological polar surface area (TPSA) is 0 Å². The molecule has 0 fully saturated rings. The SMILES string of the molecule is Clc1ccc([CH]([Sn])c2ccc(Cl)cc2)cc1. The summed E-state index contributed by atoms with van der Waals surface area (Å²) in [6, 6.07) is 16.1. The van der Waals surface area contributed by atoms with Gasteiger partial charge in [0.15, 0.2) is 0 Å². The summed E-state index contributed by atoms with van der Waals surface area (Å²) in [6.07, 6.45) is 0. The molecule has 3 radical (unpaired) electrons. The van der Waals surface area contributed by atoms with Gasteiger partial charge in [-0.3, -0.25) is 0 Å². The van der Waals surface area contributed by atoms with E-state index >= 15 is 0 Å². The monoisotopic (exact) mass is 355 g/mol. The summed E-state index contributed by atoms with van der Waals surface area (Å²) < 4.78 is 0.446. The van der Waals surface area contributed by atoms with Crippen LogP contribution in [-0.4, -0.2) is 22.5 Å². The maximum absolute atomic E-state index is 5.87. The van der Waals surface area contributed by atoms with Crippen LogP contribution >= 0.6 is 23.2 Å². The summed E-state index contributed by atoms with van der Waals surface area (Å²) in [5.41, 5.74) is 2.59. The number of hydrogen-bond acceptors (Lipinski definition) is 0. The molecule has 0 saturated carbocycles. The molecule has 0 amide bonds. The Morgan fingerprint density at radius 1 is 0.688 bits per heavy atom. The summed E-state index contributed by atoms with van der Waals surface area (Å²) in [6.45, 7) is 0. The molecule has 0 aliphatic carbocycles. The van der Waals surface area contributed by atoms with Crippen LogP contribution < -0.4 is 0 Å². The molecule has 79 valence electrons. The van der Waals surface area contributed by atoms with Crippen molar-refractivity contribution in [3.8, 4) is 0 Å². The second kappa shape index (κ2) is 5.43. The minimum atomic E-state index is 0.446. The Balaban J connectivity index is 2.28. The van der Waals surface area contributed by atoms with E-state index in [2.05, 4.69) is 24.3 Å². The van der Waals surface area contributed by atoms with E-state index in [1.165, 1.54) is 33.7 Å². The van der Waals surface area contributed by atoms with Crippen molar-refractivity contribution in [2.24, 2.45) is 0 Å². The van der Waals surface area contributed by atoms with Gasteiger partial charge in [0.05, 0.1) is 0 Å². The van der Waals surface area contributed by atoms with Crippen LogP contribution in [0.1, 0.15) is 15.1 Å². The molecule has 0 aliphatic rings. The van der Waals surface area contributed by atoms with Crippen LogP contribution in [0.15, 0.2) is 48.5 Å². The van der Waals surface area contributed by atoms with Crippen molar-refractivity contribution in [3.05, 3.63) is 69.7 Å². The summed E-state index contributed by atoms with van der Waals surface area (Å²) >= 11 is 13.2. The van der Waals surface area contributed by atoms with Gasteiger partial charge in [0, 0.05) is 0 Å². The van der Waals surface area contributed by atoms with Gasteiger partial charge in [0.25, 0.3) is 0 Å². The summed E-state index contributed by atoms with van der Waals surface area (Å²) in [4.78, 5) is 0. The molecule has 0 atom stereocenters. The van der Waals surface area contributed by atoms with Crippen molar-refractivity contribution in [1.29, 1.82) is 0 Å². The second-order valence-corrected chi connectivity index (χ2v) is 6.06. The summed E-state index contributed by atoms with van der Waals surface area (Å²) in [7, 11) is 0. The number of halogens is 2. The first-order valence-corrected chi connectivity index (χ1v) is 7.29. The molecule has 0 spiro atoms. The molecule has 0 aliphatic heterocycles. The molecule has 3 heteroatoms. The van der Waals surface area contributed by atoms with Crippen molar-refractivity contribution in [1.82, 2.24) is 0 Å². The third kappa shape index (κ3) is 2.93. The molecule has 0 nitrogen and oxygen atoms in total. The Kier molecular flexibility index (Phi) is 4.17. The average molecular weight is 355 g/mol. The van der Waals surface area contributed by atoms with Crippen LogP contribution in [0.2, 0.25) is 10.0 Å². The fourth-order valence-corrected chi connectivity index (χ4v) is 2.85. The molecule has 0 unspecified atom stereocenters. The number of rotatable bonds is 2. The molecular formula is C13H9Cl2Sn. The van der Waals surface area contributed by atoms with Crippen LogP contribution in [0.3, 0.4) is 0 Å². The zero-order chi connectivity index (χ0) is 11.5. The number of benzene rings is 2. The molecule has 0 heterocycles. The van der Waals surface area contributed by atoms with E-state index in [4.69, 9.17) is 23.2 Å². The first kappa shape index (κ1) is 12.3. The van der Waals surface area contributed by atoms with Gasteiger partial charge < -0.3 is 0 Å². The molecule has 2 aromatic rings. The third-order valence-corrected chi connectivity index (χ3v) is 4.81. The normalized spacial score (nSPS) is 10.8. The first-order chi connectivity index (χ1) is 7.66. The Morgan fingerprint density at radius 3 is 1.31 bits per heavy atom. The van der Waals surface area contributed by atoms with Crippen molar-refractivity contribution in [2.75, 3.05) is 0 Å². The summed E-state index contributed by atoms with van der Waals surface area (Å²) in [5, 5.41) is 1.56. The van der Waals surface area contributed by atoms with Crippen molar-refractivity contribution < 1.29 is 0 Å².